The first kappa shape index (κ1) is 10.1. The molecule has 12 heavy (non-hydrogen) atoms. The molecule has 1 rings (SSSR count). The van der Waals surface area contributed by atoms with Gasteiger partial charge in [0.1, 0.15) is 12.9 Å². The zero-order valence-electron chi connectivity index (χ0n) is 7.83. The van der Waals surface area contributed by atoms with Crippen molar-refractivity contribution in [1.82, 2.24) is 0 Å². The molecule has 1 saturated heterocycles. The lowest BCUT2D eigenvalue weighted by molar-refractivity contribution is -0.0104. The fraction of sp³-hybridized carbons (Fsp3) is 1.00. The van der Waals surface area contributed by atoms with E-state index in [2.05, 4.69) is 0 Å². The van der Waals surface area contributed by atoms with Gasteiger partial charge in [0, 0.05) is 7.11 Å². The van der Waals surface area contributed by atoms with E-state index in [-0.39, 0.29) is 0 Å². The molecule has 4 nitrogen and oxygen atoms in total. The maximum Gasteiger partial charge on any atom is 0.333 e. The Morgan fingerprint density at radius 1 is 1.50 bits per heavy atom. The fourth-order valence-electron chi connectivity index (χ4n) is 0.586. The molecule has 1 fully saturated rings. The third kappa shape index (κ3) is 4.17. The molecule has 0 aromatic carbocycles. The minimum atomic E-state index is -1.89. The molecule has 5 heteroatoms. The van der Waals surface area contributed by atoms with Crippen molar-refractivity contribution in [2.45, 2.75) is 19.2 Å². The summed E-state index contributed by atoms with van der Waals surface area (Å²) >= 11 is 0. The van der Waals surface area contributed by atoms with Gasteiger partial charge in [0.25, 0.3) is 0 Å². The minimum absolute atomic E-state index is 0.306. The smallest absolute Gasteiger partial charge is 0.333 e. The second-order valence-corrected chi connectivity index (χ2v) is 6.69. The van der Waals surface area contributed by atoms with E-state index < -0.39 is 8.56 Å². The van der Waals surface area contributed by atoms with Crippen molar-refractivity contribution in [3.05, 3.63) is 0 Å². The number of epoxide rings is 1. The zero-order chi connectivity index (χ0) is 9.03. The highest BCUT2D eigenvalue weighted by Gasteiger charge is 2.25. The Balaban J connectivity index is 1.92. The lowest BCUT2D eigenvalue weighted by atomic mass is 10.5. The summed E-state index contributed by atoms with van der Waals surface area (Å²) in [4.78, 5) is 0. The van der Waals surface area contributed by atoms with Crippen LogP contribution in [-0.2, 0) is 18.3 Å². The monoisotopic (exact) mass is 192 g/mol. The molecule has 0 radical (unpaired) electrons. The van der Waals surface area contributed by atoms with Crippen molar-refractivity contribution in [2.75, 3.05) is 27.1 Å². The van der Waals surface area contributed by atoms with E-state index in [1.807, 2.05) is 13.1 Å². The normalized spacial score (nSPS) is 22.8. The van der Waals surface area contributed by atoms with Crippen LogP contribution in [0.4, 0.5) is 0 Å². The van der Waals surface area contributed by atoms with Gasteiger partial charge in [0.2, 0.25) is 0 Å². The lowest BCUT2D eigenvalue weighted by Gasteiger charge is -2.19. The van der Waals surface area contributed by atoms with Crippen LogP contribution in [0.25, 0.3) is 0 Å². The van der Waals surface area contributed by atoms with Crippen molar-refractivity contribution < 1.29 is 18.3 Å². The van der Waals surface area contributed by atoms with Crippen LogP contribution in [0.15, 0.2) is 0 Å². The summed E-state index contributed by atoms with van der Waals surface area (Å²) in [7, 11) is -0.232. The van der Waals surface area contributed by atoms with Gasteiger partial charge in [-0.25, -0.2) is 0 Å². The predicted molar refractivity (Wildman–Crippen MR) is 46.1 cm³/mol. The molecule has 1 aliphatic heterocycles. The number of hydrogen-bond donors (Lipinski definition) is 0. The highest BCUT2D eigenvalue weighted by atomic mass is 28.4. The Kier molecular flexibility index (Phi) is 3.67. The molecule has 1 atom stereocenters. The predicted octanol–water partition coefficient (Wildman–Crippen LogP) is 0.724. The van der Waals surface area contributed by atoms with Crippen LogP contribution in [0.2, 0.25) is 13.1 Å². The summed E-state index contributed by atoms with van der Waals surface area (Å²) in [5, 5.41) is 0. The Bertz CT molecular complexity index is 135. The van der Waals surface area contributed by atoms with Gasteiger partial charge in [-0.1, -0.05) is 0 Å². The van der Waals surface area contributed by atoms with Gasteiger partial charge in [0.15, 0.2) is 0 Å². The highest BCUT2D eigenvalue weighted by molar-refractivity contribution is 6.64. The molecule has 0 aromatic rings. The molecule has 0 spiro atoms. The van der Waals surface area contributed by atoms with E-state index in [0.29, 0.717) is 19.5 Å². The fourth-order valence-corrected chi connectivity index (χ4v) is 1.07. The van der Waals surface area contributed by atoms with Crippen molar-refractivity contribution in [3.8, 4) is 0 Å². The molecule has 0 saturated carbocycles. The van der Waals surface area contributed by atoms with E-state index in [9.17, 15) is 0 Å². The van der Waals surface area contributed by atoms with Gasteiger partial charge in [-0.2, -0.15) is 0 Å². The van der Waals surface area contributed by atoms with Gasteiger partial charge in [-0.3, -0.25) is 0 Å². The molecule has 72 valence electrons. The van der Waals surface area contributed by atoms with Gasteiger partial charge in [-0.15, -0.1) is 0 Å². The molecule has 1 aliphatic rings. The lowest BCUT2D eigenvalue weighted by Crippen LogP contribution is -2.34. The maximum atomic E-state index is 5.40. The van der Waals surface area contributed by atoms with E-state index in [1.165, 1.54) is 0 Å². The summed E-state index contributed by atoms with van der Waals surface area (Å²) in [5.74, 6) is 0. The van der Waals surface area contributed by atoms with Crippen molar-refractivity contribution in [3.63, 3.8) is 0 Å². The highest BCUT2D eigenvalue weighted by Crippen LogP contribution is 2.09. The minimum Gasteiger partial charge on any atom is -0.398 e. The average Bonchev–Trinajstić information content (AvgIpc) is 2.82. The first-order valence-corrected chi connectivity index (χ1v) is 6.84. The number of ether oxygens (including phenoxy) is 2. The molecule has 0 amide bonds. The molecular formula is C7H16O4Si. The largest absolute Gasteiger partial charge is 0.398 e. The van der Waals surface area contributed by atoms with E-state index >= 15 is 0 Å². The molecule has 0 N–H and O–H groups in total. The van der Waals surface area contributed by atoms with Crippen LogP contribution >= 0.6 is 0 Å². The van der Waals surface area contributed by atoms with Crippen molar-refractivity contribution >= 4 is 8.56 Å². The summed E-state index contributed by atoms with van der Waals surface area (Å²) in [6.45, 7) is 5.72. The van der Waals surface area contributed by atoms with Crippen LogP contribution in [0.5, 0.6) is 0 Å². The van der Waals surface area contributed by atoms with Crippen LogP contribution in [0.1, 0.15) is 0 Å². The van der Waals surface area contributed by atoms with Crippen LogP contribution in [-0.4, -0.2) is 41.8 Å². The molecule has 0 aliphatic carbocycles. The topological polar surface area (TPSA) is 40.2 Å². The molecule has 0 bridgehead atoms. The average molecular weight is 192 g/mol. The molecule has 1 unspecified atom stereocenters. The van der Waals surface area contributed by atoms with E-state index in [4.69, 9.17) is 18.3 Å². The van der Waals surface area contributed by atoms with Crippen molar-refractivity contribution in [1.29, 1.82) is 0 Å². The van der Waals surface area contributed by atoms with E-state index in [0.717, 1.165) is 6.61 Å². The second kappa shape index (κ2) is 4.34. The molecular weight excluding hydrogens is 176 g/mol. The first-order chi connectivity index (χ1) is 5.64. The van der Waals surface area contributed by atoms with Crippen LogP contribution in [0.3, 0.4) is 0 Å². The summed E-state index contributed by atoms with van der Waals surface area (Å²) in [5.41, 5.74) is 0. The number of rotatable bonds is 6. The van der Waals surface area contributed by atoms with Gasteiger partial charge in [0.05, 0.1) is 13.2 Å². The van der Waals surface area contributed by atoms with Gasteiger partial charge in [-0.05, 0) is 13.1 Å². The maximum absolute atomic E-state index is 5.40. The molecule has 1 heterocycles. The van der Waals surface area contributed by atoms with Crippen molar-refractivity contribution in [2.24, 2.45) is 0 Å². The Labute approximate surface area is 74.0 Å². The Morgan fingerprint density at radius 2 is 2.17 bits per heavy atom. The second-order valence-electron chi connectivity index (χ2n) is 3.19. The van der Waals surface area contributed by atoms with Crippen LogP contribution < -0.4 is 0 Å². The summed E-state index contributed by atoms with van der Waals surface area (Å²) in [6.07, 6.45) is 0.306. The zero-order valence-corrected chi connectivity index (χ0v) is 8.83. The first-order valence-electron chi connectivity index (χ1n) is 4.02. The summed E-state index contributed by atoms with van der Waals surface area (Å²) in [6, 6.07) is 0. The van der Waals surface area contributed by atoms with E-state index in [1.54, 1.807) is 7.11 Å². The van der Waals surface area contributed by atoms with Gasteiger partial charge < -0.3 is 18.3 Å². The molecule has 0 aromatic heterocycles. The quantitative estimate of drug-likeness (QED) is 0.269. The Morgan fingerprint density at radius 3 is 2.67 bits per heavy atom. The third-order valence-corrected chi connectivity index (χ3v) is 3.48. The SMILES string of the molecule is CO[Si](C)(C)OCOCC1CO1. The van der Waals surface area contributed by atoms with Gasteiger partial charge >= 0.3 is 8.56 Å². The standard InChI is InChI=1S/C7H16O4Si/c1-8-12(2,3)11-6-9-4-7-5-10-7/h7H,4-6H2,1-3H3. The van der Waals surface area contributed by atoms with Crippen LogP contribution in [0, 0.1) is 0 Å². The summed E-state index contributed by atoms with van der Waals surface area (Å²) < 4.78 is 20.7. The Hall–Kier alpha value is 0.0569. The third-order valence-electron chi connectivity index (χ3n) is 1.69. The number of hydrogen-bond acceptors (Lipinski definition) is 4.